The average Bonchev–Trinajstić information content (AvgIpc) is 2.46. The number of hydrogen-bond donors (Lipinski definition) is 1. The molecule has 2 nitrogen and oxygen atoms in total. The molecule has 0 aromatic heterocycles. The Morgan fingerprint density at radius 1 is 1.06 bits per heavy atom. The standard InChI is InChI=1S/C15H30N2S/c1-3-10-16-13-8-11-17(12-9-13)14-4-6-15(18-2)7-5-14/h13-16H,3-12H2,1-2H3. The Labute approximate surface area is 117 Å². The Kier molecular flexibility index (Phi) is 6.33. The van der Waals surface area contributed by atoms with Crippen molar-refractivity contribution in [3.05, 3.63) is 0 Å². The van der Waals surface area contributed by atoms with E-state index in [0.29, 0.717) is 0 Å². The quantitative estimate of drug-likeness (QED) is 0.826. The number of hydrogen-bond acceptors (Lipinski definition) is 3. The number of thioether (sulfide) groups is 1. The molecule has 0 radical (unpaired) electrons. The molecule has 0 unspecified atom stereocenters. The van der Waals surface area contributed by atoms with Crippen molar-refractivity contribution < 1.29 is 0 Å². The summed E-state index contributed by atoms with van der Waals surface area (Å²) in [6.07, 6.45) is 12.0. The molecule has 0 aromatic rings. The molecule has 0 aromatic carbocycles. The van der Waals surface area contributed by atoms with E-state index in [1.165, 1.54) is 64.6 Å². The van der Waals surface area contributed by atoms with Crippen LogP contribution in [0.5, 0.6) is 0 Å². The summed E-state index contributed by atoms with van der Waals surface area (Å²) in [5, 5.41) is 4.63. The molecule has 2 rings (SSSR count). The van der Waals surface area contributed by atoms with Crippen LogP contribution in [0.4, 0.5) is 0 Å². The highest BCUT2D eigenvalue weighted by atomic mass is 32.2. The van der Waals surface area contributed by atoms with Crippen LogP contribution in [-0.2, 0) is 0 Å². The Morgan fingerprint density at radius 2 is 1.72 bits per heavy atom. The summed E-state index contributed by atoms with van der Waals surface area (Å²) >= 11 is 2.08. The van der Waals surface area contributed by atoms with Crippen LogP contribution in [0.3, 0.4) is 0 Å². The van der Waals surface area contributed by atoms with Gasteiger partial charge < -0.3 is 10.2 Å². The van der Waals surface area contributed by atoms with Crippen molar-refractivity contribution in [2.75, 3.05) is 25.9 Å². The first kappa shape index (κ1) is 14.7. The van der Waals surface area contributed by atoms with Gasteiger partial charge in [0.25, 0.3) is 0 Å². The molecule has 1 heterocycles. The summed E-state index contributed by atoms with van der Waals surface area (Å²) in [5.41, 5.74) is 0. The minimum absolute atomic E-state index is 0.795. The van der Waals surface area contributed by atoms with Gasteiger partial charge in [-0.1, -0.05) is 6.92 Å². The van der Waals surface area contributed by atoms with Crippen LogP contribution in [0.2, 0.25) is 0 Å². The van der Waals surface area contributed by atoms with E-state index in [2.05, 4.69) is 35.2 Å². The highest BCUT2D eigenvalue weighted by molar-refractivity contribution is 7.99. The smallest absolute Gasteiger partial charge is 0.00960 e. The topological polar surface area (TPSA) is 15.3 Å². The van der Waals surface area contributed by atoms with Crippen LogP contribution < -0.4 is 5.32 Å². The first-order chi connectivity index (χ1) is 8.83. The lowest BCUT2D eigenvalue weighted by molar-refractivity contribution is 0.117. The average molecular weight is 270 g/mol. The van der Waals surface area contributed by atoms with Gasteiger partial charge in [0.2, 0.25) is 0 Å². The first-order valence-corrected chi connectivity index (χ1v) is 9.12. The third kappa shape index (κ3) is 4.14. The monoisotopic (exact) mass is 270 g/mol. The second kappa shape index (κ2) is 7.76. The molecule has 2 aliphatic rings. The lowest BCUT2D eigenvalue weighted by atomic mass is 9.91. The maximum absolute atomic E-state index is 3.68. The van der Waals surface area contributed by atoms with Gasteiger partial charge >= 0.3 is 0 Å². The van der Waals surface area contributed by atoms with Crippen LogP contribution in [0.25, 0.3) is 0 Å². The van der Waals surface area contributed by atoms with E-state index in [9.17, 15) is 0 Å². The Balaban J connectivity index is 1.67. The van der Waals surface area contributed by atoms with Crippen LogP contribution in [0.15, 0.2) is 0 Å². The summed E-state index contributed by atoms with van der Waals surface area (Å²) in [6, 6.07) is 1.70. The van der Waals surface area contributed by atoms with E-state index < -0.39 is 0 Å². The minimum atomic E-state index is 0.795. The fraction of sp³-hybridized carbons (Fsp3) is 1.00. The van der Waals surface area contributed by atoms with Crippen molar-refractivity contribution in [3.63, 3.8) is 0 Å². The lowest BCUT2D eigenvalue weighted by Gasteiger charge is -2.40. The summed E-state index contributed by atoms with van der Waals surface area (Å²) in [6.45, 7) is 6.11. The van der Waals surface area contributed by atoms with E-state index in [1.54, 1.807) is 0 Å². The normalized spacial score (nSPS) is 31.7. The maximum atomic E-state index is 3.68. The van der Waals surface area contributed by atoms with E-state index in [-0.39, 0.29) is 0 Å². The van der Waals surface area contributed by atoms with E-state index >= 15 is 0 Å². The lowest BCUT2D eigenvalue weighted by Crippen LogP contribution is -2.47. The van der Waals surface area contributed by atoms with Gasteiger partial charge in [-0.25, -0.2) is 0 Å². The van der Waals surface area contributed by atoms with Crippen LogP contribution >= 0.6 is 11.8 Å². The Hall–Kier alpha value is 0.270. The zero-order chi connectivity index (χ0) is 12.8. The molecule has 1 N–H and O–H groups in total. The van der Waals surface area contributed by atoms with Crippen molar-refractivity contribution in [3.8, 4) is 0 Å². The third-order valence-corrected chi connectivity index (χ3v) is 5.84. The summed E-state index contributed by atoms with van der Waals surface area (Å²) < 4.78 is 0. The van der Waals surface area contributed by atoms with Gasteiger partial charge in [0.05, 0.1) is 0 Å². The van der Waals surface area contributed by atoms with Gasteiger partial charge in [0.1, 0.15) is 0 Å². The number of piperidine rings is 1. The summed E-state index contributed by atoms with van der Waals surface area (Å²) in [5.74, 6) is 0. The van der Waals surface area contributed by atoms with Crippen LogP contribution in [0.1, 0.15) is 51.9 Å². The molecule has 1 aliphatic heterocycles. The highest BCUT2D eigenvalue weighted by Crippen LogP contribution is 2.30. The molecule has 3 heteroatoms. The van der Waals surface area contributed by atoms with Crippen molar-refractivity contribution >= 4 is 11.8 Å². The SMILES string of the molecule is CCCNC1CCN(C2CCC(SC)CC2)CC1. The molecule has 106 valence electrons. The number of nitrogens with one attached hydrogen (secondary N) is 1. The van der Waals surface area contributed by atoms with Gasteiger partial charge in [-0.05, 0) is 70.8 Å². The largest absolute Gasteiger partial charge is 0.314 e. The van der Waals surface area contributed by atoms with Gasteiger partial charge in [-0.3, -0.25) is 0 Å². The molecule has 1 saturated carbocycles. The van der Waals surface area contributed by atoms with Crippen LogP contribution in [0, 0.1) is 0 Å². The van der Waals surface area contributed by atoms with Crippen LogP contribution in [-0.4, -0.2) is 48.1 Å². The summed E-state index contributed by atoms with van der Waals surface area (Å²) in [7, 11) is 0. The fourth-order valence-electron chi connectivity index (χ4n) is 3.46. The van der Waals surface area contributed by atoms with Gasteiger partial charge in [0.15, 0.2) is 0 Å². The van der Waals surface area contributed by atoms with E-state index in [1.807, 2.05) is 0 Å². The highest BCUT2D eigenvalue weighted by Gasteiger charge is 2.28. The molecular formula is C15H30N2S. The summed E-state index contributed by atoms with van der Waals surface area (Å²) in [4.78, 5) is 2.78. The molecule has 1 aliphatic carbocycles. The molecule has 0 spiro atoms. The van der Waals surface area contributed by atoms with E-state index in [4.69, 9.17) is 0 Å². The maximum Gasteiger partial charge on any atom is 0.00960 e. The predicted molar refractivity (Wildman–Crippen MR) is 82.4 cm³/mol. The van der Waals surface area contributed by atoms with Crippen molar-refractivity contribution in [2.45, 2.75) is 69.2 Å². The molecule has 0 amide bonds. The third-order valence-electron chi connectivity index (χ3n) is 4.71. The Bertz CT molecular complexity index is 219. The molecule has 1 saturated heterocycles. The fourth-order valence-corrected chi connectivity index (χ4v) is 4.21. The van der Waals surface area contributed by atoms with Crippen molar-refractivity contribution in [1.82, 2.24) is 10.2 Å². The predicted octanol–water partition coefficient (Wildman–Crippen LogP) is 3.12. The van der Waals surface area contributed by atoms with Crippen molar-refractivity contribution in [1.29, 1.82) is 0 Å². The molecule has 0 bridgehead atoms. The first-order valence-electron chi connectivity index (χ1n) is 7.83. The molecule has 0 atom stereocenters. The molecule has 18 heavy (non-hydrogen) atoms. The van der Waals surface area contributed by atoms with Gasteiger partial charge in [-0.15, -0.1) is 0 Å². The number of nitrogens with zero attached hydrogens (tertiary/aromatic N) is 1. The molecular weight excluding hydrogens is 240 g/mol. The van der Waals surface area contributed by atoms with Crippen molar-refractivity contribution in [2.24, 2.45) is 0 Å². The second-order valence-electron chi connectivity index (χ2n) is 5.93. The zero-order valence-corrected chi connectivity index (χ0v) is 13.0. The van der Waals surface area contributed by atoms with E-state index in [0.717, 1.165) is 17.3 Å². The van der Waals surface area contributed by atoms with Gasteiger partial charge in [0, 0.05) is 17.3 Å². The Morgan fingerprint density at radius 3 is 2.28 bits per heavy atom. The zero-order valence-electron chi connectivity index (χ0n) is 12.2. The number of rotatable bonds is 5. The number of likely N-dealkylation sites (tertiary alicyclic amines) is 1. The molecule has 2 fully saturated rings. The second-order valence-corrected chi connectivity index (χ2v) is 7.07. The van der Waals surface area contributed by atoms with Gasteiger partial charge in [-0.2, -0.15) is 11.8 Å². The minimum Gasteiger partial charge on any atom is -0.314 e.